The predicted molar refractivity (Wildman–Crippen MR) is 72.6 cm³/mol. The fourth-order valence-corrected chi connectivity index (χ4v) is 1.95. The van der Waals surface area contributed by atoms with Gasteiger partial charge >= 0.3 is 0 Å². The van der Waals surface area contributed by atoms with E-state index in [0.29, 0.717) is 28.0 Å². The van der Waals surface area contributed by atoms with Crippen LogP contribution in [0.5, 0.6) is 5.75 Å². The molecule has 0 atom stereocenters. The molecule has 2 aromatic rings. The SMILES string of the molecule is O=Cc1ccc(OCc2cccc(Cl)c2)c(Cl)c1. The van der Waals surface area contributed by atoms with Gasteiger partial charge in [-0.2, -0.15) is 0 Å². The van der Waals surface area contributed by atoms with E-state index < -0.39 is 0 Å². The number of rotatable bonds is 4. The lowest BCUT2D eigenvalue weighted by Crippen LogP contribution is -1.96. The van der Waals surface area contributed by atoms with Crippen molar-refractivity contribution in [1.29, 1.82) is 0 Å². The molecule has 4 heteroatoms. The number of benzene rings is 2. The highest BCUT2D eigenvalue weighted by Gasteiger charge is 2.03. The maximum atomic E-state index is 10.6. The number of hydrogen-bond acceptors (Lipinski definition) is 2. The van der Waals surface area contributed by atoms with E-state index in [1.807, 2.05) is 18.2 Å². The quantitative estimate of drug-likeness (QED) is 0.777. The molecular formula is C14H10Cl2O2. The van der Waals surface area contributed by atoms with E-state index in [2.05, 4.69) is 0 Å². The molecule has 0 amide bonds. The van der Waals surface area contributed by atoms with Gasteiger partial charge in [-0.15, -0.1) is 0 Å². The fraction of sp³-hybridized carbons (Fsp3) is 0.0714. The Hall–Kier alpha value is -1.51. The van der Waals surface area contributed by atoms with E-state index in [-0.39, 0.29) is 0 Å². The summed E-state index contributed by atoms with van der Waals surface area (Å²) in [6, 6.07) is 12.3. The summed E-state index contributed by atoms with van der Waals surface area (Å²) < 4.78 is 5.57. The van der Waals surface area contributed by atoms with Crippen molar-refractivity contribution in [2.45, 2.75) is 6.61 Å². The molecule has 0 bridgehead atoms. The van der Waals surface area contributed by atoms with Crippen molar-refractivity contribution in [3.8, 4) is 5.75 Å². The van der Waals surface area contributed by atoms with Gasteiger partial charge in [0.25, 0.3) is 0 Å². The first-order valence-corrected chi connectivity index (χ1v) is 6.06. The van der Waals surface area contributed by atoms with Crippen molar-refractivity contribution in [2.75, 3.05) is 0 Å². The molecule has 0 unspecified atom stereocenters. The molecule has 0 fully saturated rings. The maximum Gasteiger partial charge on any atom is 0.150 e. The summed E-state index contributed by atoms with van der Waals surface area (Å²) in [6.45, 7) is 0.376. The Morgan fingerprint density at radius 2 is 1.94 bits per heavy atom. The van der Waals surface area contributed by atoms with Gasteiger partial charge in [0.05, 0.1) is 5.02 Å². The first-order valence-electron chi connectivity index (χ1n) is 5.31. The molecule has 18 heavy (non-hydrogen) atoms. The first-order chi connectivity index (χ1) is 8.69. The molecule has 0 aliphatic heterocycles. The zero-order valence-corrected chi connectivity index (χ0v) is 10.9. The van der Waals surface area contributed by atoms with Crippen LogP contribution in [0.2, 0.25) is 10.0 Å². The Labute approximate surface area is 115 Å². The first kappa shape index (κ1) is 12.9. The number of carbonyl (C=O) groups excluding carboxylic acids is 1. The Balaban J connectivity index is 2.08. The van der Waals surface area contributed by atoms with Crippen LogP contribution in [0.3, 0.4) is 0 Å². The molecule has 2 rings (SSSR count). The van der Waals surface area contributed by atoms with E-state index in [1.165, 1.54) is 0 Å². The lowest BCUT2D eigenvalue weighted by atomic mass is 10.2. The highest BCUT2D eigenvalue weighted by atomic mass is 35.5. The Morgan fingerprint density at radius 1 is 1.11 bits per heavy atom. The summed E-state index contributed by atoms with van der Waals surface area (Å²) >= 11 is 11.9. The van der Waals surface area contributed by atoms with Gasteiger partial charge < -0.3 is 4.74 Å². The van der Waals surface area contributed by atoms with Gasteiger partial charge in [-0.1, -0.05) is 35.3 Å². The Bertz CT molecular complexity index is 567. The van der Waals surface area contributed by atoms with E-state index in [9.17, 15) is 4.79 Å². The molecule has 0 saturated heterocycles. The van der Waals surface area contributed by atoms with Gasteiger partial charge in [0.15, 0.2) is 0 Å². The van der Waals surface area contributed by atoms with Crippen molar-refractivity contribution in [3.63, 3.8) is 0 Å². The summed E-state index contributed by atoms with van der Waals surface area (Å²) in [6.07, 6.45) is 0.743. The van der Waals surface area contributed by atoms with Gasteiger partial charge in [-0.05, 0) is 35.9 Å². The van der Waals surface area contributed by atoms with Crippen LogP contribution < -0.4 is 4.74 Å². The molecule has 0 radical (unpaired) electrons. The summed E-state index contributed by atoms with van der Waals surface area (Å²) in [5.74, 6) is 0.544. The average molecular weight is 281 g/mol. The average Bonchev–Trinajstić information content (AvgIpc) is 2.37. The second kappa shape index (κ2) is 5.89. The van der Waals surface area contributed by atoms with Crippen molar-refractivity contribution in [3.05, 3.63) is 63.6 Å². The van der Waals surface area contributed by atoms with Crippen LogP contribution in [0.25, 0.3) is 0 Å². The summed E-state index contributed by atoms with van der Waals surface area (Å²) in [7, 11) is 0. The molecule has 2 aromatic carbocycles. The van der Waals surface area contributed by atoms with Crippen LogP contribution >= 0.6 is 23.2 Å². The van der Waals surface area contributed by atoms with Crippen LogP contribution in [0.4, 0.5) is 0 Å². The normalized spacial score (nSPS) is 10.1. The largest absolute Gasteiger partial charge is 0.487 e. The number of carbonyl (C=O) groups is 1. The second-order valence-corrected chi connectivity index (χ2v) is 4.57. The van der Waals surface area contributed by atoms with Crippen molar-refractivity contribution >= 4 is 29.5 Å². The molecule has 0 aliphatic rings. The standard InChI is InChI=1S/C14H10Cl2O2/c15-12-3-1-2-11(6-12)9-18-14-5-4-10(8-17)7-13(14)16/h1-8H,9H2. The van der Waals surface area contributed by atoms with Crippen LogP contribution in [0.1, 0.15) is 15.9 Å². The van der Waals surface area contributed by atoms with Crippen LogP contribution in [0, 0.1) is 0 Å². The summed E-state index contributed by atoms with van der Waals surface area (Å²) in [5, 5.41) is 1.08. The van der Waals surface area contributed by atoms with Crippen molar-refractivity contribution in [1.82, 2.24) is 0 Å². The van der Waals surface area contributed by atoms with E-state index in [1.54, 1.807) is 24.3 Å². The molecule has 0 saturated carbocycles. The third kappa shape index (κ3) is 3.25. The highest BCUT2D eigenvalue weighted by Crippen LogP contribution is 2.26. The van der Waals surface area contributed by atoms with E-state index >= 15 is 0 Å². The van der Waals surface area contributed by atoms with Crippen LogP contribution in [0.15, 0.2) is 42.5 Å². The van der Waals surface area contributed by atoms with Crippen LogP contribution in [-0.4, -0.2) is 6.29 Å². The Morgan fingerprint density at radius 3 is 2.61 bits per heavy atom. The molecule has 0 N–H and O–H groups in total. The number of ether oxygens (including phenoxy) is 1. The summed E-state index contributed by atoms with van der Waals surface area (Å²) in [5.41, 5.74) is 1.48. The molecule has 2 nitrogen and oxygen atoms in total. The van der Waals surface area contributed by atoms with E-state index in [4.69, 9.17) is 27.9 Å². The zero-order valence-electron chi connectivity index (χ0n) is 9.40. The van der Waals surface area contributed by atoms with Crippen molar-refractivity contribution < 1.29 is 9.53 Å². The van der Waals surface area contributed by atoms with Gasteiger partial charge in [0.1, 0.15) is 18.6 Å². The fourth-order valence-electron chi connectivity index (χ4n) is 1.50. The van der Waals surface area contributed by atoms with Crippen LogP contribution in [-0.2, 0) is 6.61 Å². The second-order valence-electron chi connectivity index (χ2n) is 3.73. The smallest absolute Gasteiger partial charge is 0.150 e. The minimum absolute atomic E-state index is 0.376. The monoisotopic (exact) mass is 280 g/mol. The molecule has 0 heterocycles. The topological polar surface area (TPSA) is 26.3 Å². The molecule has 0 aliphatic carbocycles. The third-order valence-corrected chi connectivity index (χ3v) is 2.91. The van der Waals surface area contributed by atoms with Gasteiger partial charge in [-0.3, -0.25) is 4.79 Å². The number of hydrogen-bond donors (Lipinski definition) is 0. The molecular weight excluding hydrogens is 271 g/mol. The molecule has 0 spiro atoms. The lowest BCUT2D eigenvalue weighted by molar-refractivity contribution is 0.112. The maximum absolute atomic E-state index is 10.6. The number of aldehydes is 1. The van der Waals surface area contributed by atoms with Gasteiger partial charge in [0, 0.05) is 10.6 Å². The minimum atomic E-state index is 0.376. The van der Waals surface area contributed by atoms with Crippen molar-refractivity contribution in [2.24, 2.45) is 0 Å². The van der Waals surface area contributed by atoms with Gasteiger partial charge in [0.2, 0.25) is 0 Å². The highest BCUT2D eigenvalue weighted by molar-refractivity contribution is 6.32. The minimum Gasteiger partial charge on any atom is -0.487 e. The predicted octanol–water partition coefficient (Wildman–Crippen LogP) is 4.38. The Kier molecular flexibility index (Phi) is 4.24. The summed E-state index contributed by atoms with van der Waals surface area (Å²) in [4.78, 5) is 10.6. The third-order valence-electron chi connectivity index (χ3n) is 2.38. The van der Waals surface area contributed by atoms with E-state index in [0.717, 1.165) is 11.8 Å². The van der Waals surface area contributed by atoms with Gasteiger partial charge in [-0.25, -0.2) is 0 Å². The zero-order chi connectivity index (χ0) is 13.0. The number of halogens is 2. The molecule has 92 valence electrons. The lowest BCUT2D eigenvalue weighted by Gasteiger charge is -2.08. The molecule has 0 aromatic heterocycles.